The number of hydrogen-bond acceptors (Lipinski definition) is 3. The monoisotopic (exact) mass is 300 g/mol. The van der Waals surface area contributed by atoms with Gasteiger partial charge < -0.3 is 15.0 Å². The van der Waals surface area contributed by atoms with E-state index in [2.05, 4.69) is 0 Å². The Morgan fingerprint density at radius 2 is 1.91 bits per heavy atom. The quantitative estimate of drug-likeness (QED) is 0.923. The lowest BCUT2D eigenvalue weighted by atomic mass is 9.96. The molecule has 0 spiro atoms. The van der Waals surface area contributed by atoms with E-state index in [1.54, 1.807) is 4.57 Å². The number of nitrogens with two attached hydrogens (primary N) is 1. The summed E-state index contributed by atoms with van der Waals surface area (Å²) in [6, 6.07) is 11.6. The van der Waals surface area contributed by atoms with E-state index in [9.17, 15) is 4.79 Å². The highest BCUT2D eigenvalue weighted by atomic mass is 16.5. The minimum Gasteiger partial charge on any atom is -0.494 e. The van der Waals surface area contributed by atoms with Crippen LogP contribution in [0.25, 0.3) is 11.3 Å². The summed E-state index contributed by atoms with van der Waals surface area (Å²) in [6.45, 7) is 8.82. The maximum absolute atomic E-state index is 12.7. The van der Waals surface area contributed by atoms with Crippen molar-refractivity contribution in [2.75, 3.05) is 6.61 Å². The van der Waals surface area contributed by atoms with Gasteiger partial charge in [0.2, 0.25) is 0 Å². The van der Waals surface area contributed by atoms with Gasteiger partial charge in [0.05, 0.1) is 12.3 Å². The van der Waals surface area contributed by atoms with Crippen LogP contribution in [0.15, 0.2) is 41.2 Å². The third-order valence-corrected chi connectivity index (χ3v) is 3.63. The molecule has 1 aromatic heterocycles. The van der Waals surface area contributed by atoms with E-state index >= 15 is 0 Å². The molecule has 4 nitrogen and oxygen atoms in total. The standard InChI is InChI=1S/C18H24N2O2/c1-5-20-16(11-10-15(17(20)21)18(3,4)19)13-8-7-9-14(12-13)22-6-2/h7-12H,5-6,19H2,1-4H3. The summed E-state index contributed by atoms with van der Waals surface area (Å²) in [6.07, 6.45) is 0. The van der Waals surface area contributed by atoms with Crippen LogP contribution in [-0.4, -0.2) is 11.2 Å². The molecule has 2 rings (SSSR count). The van der Waals surface area contributed by atoms with E-state index in [0.717, 1.165) is 17.0 Å². The van der Waals surface area contributed by atoms with Crippen LogP contribution in [0.2, 0.25) is 0 Å². The molecule has 0 unspecified atom stereocenters. The van der Waals surface area contributed by atoms with E-state index in [1.165, 1.54) is 0 Å². The Hall–Kier alpha value is -2.07. The predicted molar refractivity (Wildman–Crippen MR) is 90.2 cm³/mol. The highest BCUT2D eigenvalue weighted by Gasteiger charge is 2.20. The van der Waals surface area contributed by atoms with Crippen LogP contribution in [0.1, 0.15) is 33.3 Å². The lowest BCUT2D eigenvalue weighted by Crippen LogP contribution is -2.38. The maximum atomic E-state index is 12.7. The molecule has 0 aliphatic heterocycles. The van der Waals surface area contributed by atoms with Gasteiger partial charge in [0.1, 0.15) is 5.75 Å². The zero-order valence-electron chi connectivity index (χ0n) is 13.7. The Balaban J connectivity index is 2.59. The Morgan fingerprint density at radius 1 is 1.18 bits per heavy atom. The molecule has 0 radical (unpaired) electrons. The second-order valence-electron chi connectivity index (χ2n) is 5.86. The van der Waals surface area contributed by atoms with Gasteiger partial charge in [-0.05, 0) is 52.0 Å². The van der Waals surface area contributed by atoms with Gasteiger partial charge in [0.25, 0.3) is 5.56 Å². The van der Waals surface area contributed by atoms with E-state index in [0.29, 0.717) is 18.7 Å². The van der Waals surface area contributed by atoms with Crippen molar-refractivity contribution in [3.8, 4) is 17.0 Å². The van der Waals surface area contributed by atoms with Gasteiger partial charge in [-0.1, -0.05) is 12.1 Å². The zero-order valence-corrected chi connectivity index (χ0v) is 13.7. The van der Waals surface area contributed by atoms with Gasteiger partial charge >= 0.3 is 0 Å². The minimum absolute atomic E-state index is 0.0330. The number of hydrogen-bond donors (Lipinski definition) is 1. The van der Waals surface area contributed by atoms with Gasteiger partial charge in [0.15, 0.2) is 0 Å². The molecular weight excluding hydrogens is 276 g/mol. The highest BCUT2D eigenvalue weighted by molar-refractivity contribution is 5.62. The van der Waals surface area contributed by atoms with Crippen molar-refractivity contribution < 1.29 is 4.74 Å². The van der Waals surface area contributed by atoms with Crippen molar-refractivity contribution in [2.24, 2.45) is 5.73 Å². The molecule has 2 aromatic rings. The second-order valence-corrected chi connectivity index (χ2v) is 5.86. The second kappa shape index (κ2) is 6.36. The van der Waals surface area contributed by atoms with Gasteiger partial charge in [0, 0.05) is 23.2 Å². The fourth-order valence-electron chi connectivity index (χ4n) is 2.55. The fraction of sp³-hybridized carbons (Fsp3) is 0.389. The molecule has 0 fully saturated rings. The molecule has 4 heteroatoms. The number of aromatic nitrogens is 1. The number of ether oxygens (including phenoxy) is 1. The Kier molecular flexibility index (Phi) is 4.71. The summed E-state index contributed by atoms with van der Waals surface area (Å²) in [4.78, 5) is 12.7. The predicted octanol–water partition coefficient (Wildman–Crippen LogP) is 3.13. The first-order valence-electron chi connectivity index (χ1n) is 7.65. The van der Waals surface area contributed by atoms with Gasteiger partial charge in [-0.25, -0.2) is 0 Å². The average Bonchev–Trinajstić information content (AvgIpc) is 2.46. The zero-order chi connectivity index (χ0) is 16.3. The van der Waals surface area contributed by atoms with E-state index in [1.807, 2.05) is 64.1 Å². The highest BCUT2D eigenvalue weighted by Crippen LogP contribution is 2.24. The summed E-state index contributed by atoms with van der Waals surface area (Å²) in [5.41, 5.74) is 7.88. The van der Waals surface area contributed by atoms with Crippen molar-refractivity contribution in [3.05, 3.63) is 52.3 Å². The smallest absolute Gasteiger partial charge is 0.256 e. The fourth-order valence-corrected chi connectivity index (χ4v) is 2.55. The normalized spacial score (nSPS) is 11.5. The largest absolute Gasteiger partial charge is 0.494 e. The molecule has 1 aromatic carbocycles. The SMILES string of the molecule is CCOc1cccc(-c2ccc(C(C)(C)N)c(=O)n2CC)c1. The number of benzene rings is 1. The van der Waals surface area contributed by atoms with E-state index < -0.39 is 5.54 Å². The summed E-state index contributed by atoms with van der Waals surface area (Å²) in [5.74, 6) is 0.804. The molecule has 0 saturated carbocycles. The van der Waals surface area contributed by atoms with Crippen LogP contribution >= 0.6 is 0 Å². The first kappa shape index (κ1) is 16.3. The first-order chi connectivity index (χ1) is 10.4. The average molecular weight is 300 g/mol. The third kappa shape index (κ3) is 3.22. The molecule has 0 atom stereocenters. The van der Waals surface area contributed by atoms with Crippen molar-refractivity contribution >= 4 is 0 Å². The third-order valence-electron chi connectivity index (χ3n) is 3.63. The molecule has 2 N–H and O–H groups in total. The van der Waals surface area contributed by atoms with Crippen LogP contribution in [0.5, 0.6) is 5.75 Å². The van der Waals surface area contributed by atoms with Gasteiger partial charge in [-0.2, -0.15) is 0 Å². The van der Waals surface area contributed by atoms with Crippen molar-refractivity contribution in [1.29, 1.82) is 0 Å². The van der Waals surface area contributed by atoms with Crippen LogP contribution in [0.3, 0.4) is 0 Å². The molecule has 0 aliphatic carbocycles. The van der Waals surface area contributed by atoms with Crippen molar-refractivity contribution in [2.45, 2.75) is 39.8 Å². The van der Waals surface area contributed by atoms with Crippen molar-refractivity contribution in [1.82, 2.24) is 4.57 Å². The molecule has 1 heterocycles. The van der Waals surface area contributed by atoms with Gasteiger partial charge in [-0.15, -0.1) is 0 Å². The molecule has 22 heavy (non-hydrogen) atoms. The summed E-state index contributed by atoms with van der Waals surface area (Å²) in [7, 11) is 0. The number of nitrogens with zero attached hydrogens (tertiary/aromatic N) is 1. The summed E-state index contributed by atoms with van der Waals surface area (Å²) in [5, 5.41) is 0. The Labute approximate surface area is 131 Å². The lowest BCUT2D eigenvalue weighted by Gasteiger charge is -2.21. The molecule has 118 valence electrons. The minimum atomic E-state index is -0.653. The van der Waals surface area contributed by atoms with Gasteiger partial charge in [-0.3, -0.25) is 4.79 Å². The molecule has 0 aliphatic rings. The molecule has 0 amide bonds. The number of pyridine rings is 1. The maximum Gasteiger partial charge on any atom is 0.256 e. The number of rotatable bonds is 5. The Bertz CT molecular complexity index is 712. The van der Waals surface area contributed by atoms with E-state index in [-0.39, 0.29) is 5.56 Å². The van der Waals surface area contributed by atoms with Crippen LogP contribution in [0, 0.1) is 0 Å². The Morgan fingerprint density at radius 3 is 2.50 bits per heavy atom. The first-order valence-corrected chi connectivity index (χ1v) is 7.65. The summed E-state index contributed by atoms with van der Waals surface area (Å²) < 4.78 is 7.30. The lowest BCUT2D eigenvalue weighted by molar-refractivity contribution is 0.340. The molecule has 0 bridgehead atoms. The van der Waals surface area contributed by atoms with E-state index in [4.69, 9.17) is 10.5 Å². The van der Waals surface area contributed by atoms with Crippen LogP contribution in [-0.2, 0) is 12.1 Å². The molecule has 0 saturated heterocycles. The topological polar surface area (TPSA) is 57.2 Å². The van der Waals surface area contributed by atoms with Crippen molar-refractivity contribution in [3.63, 3.8) is 0 Å². The summed E-state index contributed by atoms with van der Waals surface area (Å²) >= 11 is 0. The molecular formula is C18H24N2O2. The van der Waals surface area contributed by atoms with Crippen LogP contribution in [0.4, 0.5) is 0 Å². The van der Waals surface area contributed by atoms with Crippen LogP contribution < -0.4 is 16.0 Å².